The van der Waals surface area contributed by atoms with Crippen molar-refractivity contribution < 1.29 is 4.74 Å². The molecular formula is C14H20BrNO. The molecule has 0 atom stereocenters. The zero-order valence-corrected chi connectivity index (χ0v) is 11.9. The number of ether oxygens (including phenoxy) is 1. The summed E-state index contributed by atoms with van der Waals surface area (Å²) in [5.74, 6) is 1.75. The van der Waals surface area contributed by atoms with Crippen molar-refractivity contribution in [3.05, 3.63) is 28.2 Å². The maximum atomic E-state index is 5.83. The summed E-state index contributed by atoms with van der Waals surface area (Å²) in [6.07, 6.45) is 4.03. The first-order valence-electron chi connectivity index (χ1n) is 6.41. The zero-order valence-electron chi connectivity index (χ0n) is 10.3. The van der Waals surface area contributed by atoms with E-state index >= 15 is 0 Å². The second-order valence-corrected chi connectivity index (χ2v) is 5.51. The second kappa shape index (κ2) is 6.41. The second-order valence-electron chi connectivity index (χ2n) is 4.65. The number of hydrogen-bond donors (Lipinski definition) is 1. The van der Waals surface area contributed by atoms with Gasteiger partial charge < -0.3 is 10.1 Å². The Labute approximate surface area is 112 Å². The molecule has 1 aliphatic carbocycles. The molecule has 0 aliphatic heterocycles. The van der Waals surface area contributed by atoms with E-state index in [-0.39, 0.29) is 0 Å². The molecule has 0 bridgehead atoms. The lowest BCUT2D eigenvalue weighted by Crippen LogP contribution is -2.19. The third kappa shape index (κ3) is 3.71. The van der Waals surface area contributed by atoms with Gasteiger partial charge in [-0.1, -0.05) is 19.4 Å². The molecule has 0 saturated heterocycles. The van der Waals surface area contributed by atoms with E-state index in [9.17, 15) is 0 Å². The Balaban J connectivity index is 1.88. The molecule has 0 spiro atoms. The minimum atomic E-state index is 0.781. The minimum Gasteiger partial charge on any atom is -0.492 e. The Morgan fingerprint density at radius 1 is 1.41 bits per heavy atom. The van der Waals surface area contributed by atoms with Crippen LogP contribution in [0.5, 0.6) is 5.75 Å². The van der Waals surface area contributed by atoms with Gasteiger partial charge in [0.05, 0.1) is 11.1 Å². The van der Waals surface area contributed by atoms with Gasteiger partial charge in [-0.05, 0) is 58.9 Å². The molecule has 1 aromatic rings. The molecule has 17 heavy (non-hydrogen) atoms. The molecule has 2 rings (SSSR count). The van der Waals surface area contributed by atoms with E-state index in [1.54, 1.807) is 0 Å². The van der Waals surface area contributed by atoms with Crippen LogP contribution in [0.2, 0.25) is 0 Å². The molecule has 1 N–H and O–H groups in total. The number of hydrogen-bond acceptors (Lipinski definition) is 2. The monoisotopic (exact) mass is 297 g/mol. The van der Waals surface area contributed by atoms with Crippen LogP contribution in [0, 0.1) is 5.92 Å². The Bertz CT molecular complexity index is 363. The van der Waals surface area contributed by atoms with Crippen molar-refractivity contribution in [2.45, 2.75) is 32.7 Å². The molecular weight excluding hydrogens is 278 g/mol. The highest BCUT2D eigenvalue weighted by atomic mass is 79.9. The number of benzene rings is 1. The van der Waals surface area contributed by atoms with E-state index < -0.39 is 0 Å². The van der Waals surface area contributed by atoms with Gasteiger partial charge in [-0.3, -0.25) is 0 Å². The van der Waals surface area contributed by atoms with Crippen molar-refractivity contribution >= 4 is 15.9 Å². The molecule has 1 saturated carbocycles. The maximum Gasteiger partial charge on any atom is 0.133 e. The number of nitrogens with one attached hydrogen (secondary N) is 1. The molecule has 1 aliphatic rings. The number of rotatable bonds is 6. The van der Waals surface area contributed by atoms with Crippen molar-refractivity contribution in [2.24, 2.45) is 5.92 Å². The van der Waals surface area contributed by atoms with Crippen molar-refractivity contribution in [3.8, 4) is 5.75 Å². The quantitative estimate of drug-likeness (QED) is 0.864. The molecule has 0 aromatic heterocycles. The van der Waals surface area contributed by atoms with Gasteiger partial charge in [-0.15, -0.1) is 0 Å². The summed E-state index contributed by atoms with van der Waals surface area (Å²) < 4.78 is 6.90. The fourth-order valence-electron chi connectivity index (χ4n) is 1.91. The van der Waals surface area contributed by atoms with Crippen LogP contribution in [0.4, 0.5) is 0 Å². The van der Waals surface area contributed by atoms with Gasteiger partial charge in [0.1, 0.15) is 5.75 Å². The first kappa shape index (κ1) is 12.9. The largest absolute Gasteiger partial charge is 0.492 e. The van der Waals surface area contributed by atoms with Crippen molar-refractivity contribution in [1.29, 1.82) is 0 Å². The Morgan fingerprint density at radius 3 is 2.82 bits per heavy atom. The first-order valence-corrected chi connectivity index (χ1v) is 7.21. The maximum absolute atomic E-state index is 5.83. The Kier molecular flexibility index (Phi) is 4.86. The molecule has 0 unspecified atom stereocenters. The van der Waals surface area contributed by atoms with Gasteiger partial charge in [0, 0.05) is 6.54 Å². The third-order valence-corrected chi connectivity index (χ3v) is 3.89. The van der Waals surface area contributed by atoms with E-state index in [1.807, 2.05) is 0 Å². The van der Waals surface area contributed by atoms with Crippen LogP contribution in [-0.2, 0) is 6.54 Å². The molecule has 94 valence electrons. The fourth-order valence-corrected chi connectivity index (χ4v) is 2.45. The van der Waals surface area contributed by atoms with Crippen LogP contribution in [-0.4, -0.2) is 13.2 Å². The van der Waals surface area contributed by atoms with Gasteiger partial charge >= 0.3 is 0 Å². The summed E-state index contributed by atoms with van der Waals surface area (Å²) in [6.45, 7) is 4.89. The molecule has 0 radical (unpaired) electrons. The summed E-state index contributed by atoms with van der Waals surface area (Å²) in [5, 5.41) is 3.32. The van der Waals surface area contributed by atoms with Crippen molar-refractivity contribution in [2.75, 3.05) is 13.2 Å². The molecule has 0 amide bonds. The fraction of sp³-hybridized carbons (Fsp3) is 0.571. The van der Waals surface area contributed by atoms with Crippen LogP contribution < -0.4 is 10.1 Å². The molecule has 2 nitrogen and oxygen atoms in total. The lowest BCUT2D eigenvalue weighted by molar-refractivity contribution is 0.180. The Morgan fingerprint density at radius 2 is 2.24 bits per heavy atom. The van der Waals surface area contributed by atoms with Gasteiger partial charge in [-0.25, -0.2) is 0 Å². The predicted octanol–water partition coefficient (Wildman–Crippen LogP) is 3.74. The Hall–Kier alpha value is -0.540. The van der Waals surface area contributed by atoms with Crippen LogP contribution in [0.3, 0.4) is 0 Å². The van der Waals surface area contributed by atoms with Gasteiger partial charge in [0.25, 0.3) is 0 Å². The summed E-state index contributed by atoms with van der Waals surface area (Å²) in [4.78, 5) is 0. The van der Waals surface area contributed by atoms with E-state index in [4.69, 9.17) is 4.74 Å². The third-order valence-electron chi connectivity index (χ3n) is 3.27. The first-order chi connectivity index (χ1) is 8.29. The molecule has 3 heteroatoms. The highest BCUT2D eigenvalue weighted by molar-refractivity contribution is 9.10. The van der Waals surface area contributed by atoms with Crippen LogP contribution >= 0.6 is 15.9 Å². The SMILES string of the molecule is CCNCc1ccc(OCC2CCC2)c(Br)c1. The summed E-state index contributed by atoms with van der Waals surface area (Å²) >= 11 is 3.58. The average molecular weight is 298 g/mol. The van der Waals surface area contributed by atoms with Crippen LogP contribution in [0.15, 0.2) is 22.7 Å². The summed E-state index contributed by atoms with van der Waals surface area (Å²) in [7, 11) is 0. The lowest BCUT2D eigenvalue weighted by atomic mass is 9.86. The van der Waals surface area contributed by atoms with Crippen molar-refractivity contribution in [1.82, 2.24) is 5.32 Å². The van der Waals surface area contributed by atoms with E-state index in [1.165, 1.54) is 24.8 Å². The topological polar surface area (TPSA) is 21.3 Å². The van der Waals surface area contributed by atoms with Crippen LogP contribution in [0.25, 0.3) is 0 Å². The van der Waals surface area contributed by atoms with Gasteiger partial charge in [0.2, 0.25) is 0 Å². The van der Waals surface area contributed by atoms with E-state index in [0.717, 1.165) is 35.8 Å². The molecule has 0 heterocycles. The average Bonchev–Trinajstić information content (AvgIpc) is 2.27. The zero-order chi connectivity index (χ0) is 12.1. The minimum absolute atomic E-state index is 0.781. The van der Waals surface area contributed by atoms with Gasteiger partial charge in [-0.2, -0.15) is 0 Å². The summed E-state index contributed by atoms with van der Waals surface area (Å²) in [6, 6.07) is 6.33. The lowest BCUT2D eigenvalue weighted by Gasteiger charge is -2.25. The normalized spacial score (nSPS) is 15.6. The number of halogens is 1. The smallest absolute Gasteiger partial charge is 0.133 e. The summed E-state index contributed by atoms with van der Waals surface area (Å²) in [5.41, 5.74) is 1.29. The highest BCUT2D eigenvalue weighted by Gasteiger charge is 2.18. The van der Waals surface area contributed by atoms with E-state index in [0.29, 0.717) is 0 Å². The molecule has 1 fully saturated rings. The van der Waals surface area contributed by atoms with E-state index in [2.05, 4.69) is 46.4 Å². The van der Waals surface area contributed by atoms with Crippen molar-refractivity contribution in [3.63, 3.8) is 0 Å². The highest BCUT2D eigenvalue weighted by Crippen LogP contribution is 2.30. The van der Waals surface area contributed by atoms with Crippen LogP contribution in [0.1, 0.15) is 31.7 Å². The van der Waals surface area contributed by atoms with Gasteiger partial charge in [0.15, 0.2) is 0 Å². The molecule has 1 aromatic carbocycles. The predicted molar refractivity (Wildman–Crippen MR) is 74.4 cm³/mol. The standard InChI is InChI=1S/C14H20BrNO/c1-2-16-9-12-6-7-14(13(15)8-12)17-10-11-4-3-5-11/h6-8,11,16H,2-5,9-10H2,1H3.